The van der Waals surface area contributed by atoms with Crippen molar-refractivity contribution in [3.05, 3.63) is 69.7 Å². The first kappa shape index (κ1) is 16.4. The summed E-state index contributed by atoms with van der Waals surface area (Å²) in [5.74, 6) is -0.235. The van der Waals surface area contributed by atoms with E-state index in [4.69, 9.17) is 0 Å². The highest BCUT2D eigenvalue weighted by molar-refractivity contribution is 7.15. The molecule has 1 amide bonds. The molecule has 2 aliphatic rings. The van der Waals surface area contributed by atoms with Gasteiger partial charge in [0.15, 0.2) is 10.9 Å². The van der Waals surface area contributed by atoms with Crippen molar-refractivity contribution >= 4 is 28.2 Å². The van der Waals surface area contributed by atoms with E-state index in [1.807, 2.05) is 30.3 Å². The molecule has 0 bridgehead atoms. The van der Waals surface area contributed by atoms with Gasteiger partial charge in [0.05, 0.1) is 5.69 Å². The maximum Gasteiger partial charge on any atom is 0.257 e. The van der Waals surface area contributed by atoms with Crippen molar-refractivity contribution in [3.63, 3.8) is 0 Å². The molecule has 4 nitrogen and oxygen atoms in total. The smallest absolute Gasteiger partial charge is 0.257 e. The summed E-state index contributed by atoms with van der Waals surface area (Å²) < 4.78 is 0. The highest BCUT2D eigenvalue weighted by Crippen LogP contribution is 2.37. The fourth-order valence-electron chi connectivity index (χ4n) is 3.92. The molecule has 27 heavy (non-hydrogen) atoms. The number of thiazole rings is 1. The van der Waals surface area contributed by atoms with Crippen molar-refractivity contribution < 1.29 is 9.59 Å². The third kappa shape index (κ3) is 2.79. The first-order valence-corrected chi connectivity index (χ1v) is 10.1. The van der Waals surface area contributed by atoms with Crippen molar-refractivity contribution in [3.8, 4) is 11.1 Å². The minimum atomic E-state index is -0.217. The molecule has 1 aromatic heterocycles. The number of benzene rings is 2. The molecule has 0 spiro atoms. The van der Waals surface area contributed by atoms with Crippen molar-refractivity contribution in [1.29, 1.82) is 0 Å². The highest BCUT2D eigenvalue weighted by atomic mass is 32.1. The van der Waals surface area contributed by atoms with Gasteiger partial charge < -0.3 is 0 Å². The minimum absolute atomic E-state index is 0.0174. The van der Waals surface area contributed by atoms with Crippen molar-refractivity contribution in [1.82, 2.24) is 4.98 Å². The first-order chi connectivity index (χ1) is 13.2. The van der Waals surface area contributed by atoms with Crippen molar-refractivity contribution in [2.45, 2.75) is 32.1 Å². The number of aryl methyl sites for hydroxylation is 2. The van der Waals surface area contributed by atoms with Crippen molar-refractivity contribution in [2.24, 2.45) is 0 Å². The Morgan fingerprint density at radius 2 is 1.70 bits per heavy atom. The second kappa shape index (κ2) is 6.43. The zero-order valence-corrected chi connectivity index (χ0v) is 15.6. The van der Waals surface area contributed by atoms with E-state index < -0.39 is 0 Å². The summed E-state index contributed by atoms with van der Waals surface area (Å²) in [4.78, 5) is 31.3. The van der Waals surface area contributed by atoms with Gasteiger partial charge in [-0.3, -0.25) is 14.9 Å². The highest BCUT2D eigenvalue weighted by Gasteiger charge is 2.27. The molecular weight excluding hydrogens is 356 g/mol. The summed E-state index contributed by atoms with van der Waals surface area (Å²) in [5.41, 5.74) is 4.75. The van der Waals surface area contributed by atoms with E-state index in [2.05, 4.69) is 10.3 Å². The Kier molecular flexibility index (Phi) is 3.90. The Balaban J connectivity index is 1.42. The van der Waals surface area contributed by atoms with Gasteiger partial charge in [-0.15, -0.1) is 11.3 Å². The number of aromatic nitrogens is 1. The number of anilines is 1. The molecule has 0 radical (unpaired) electrons. The maximum atomic E-state index is 12.7. The van der Waals surface area contributed by atoms with Gasteiger partial charge >= 0.3 is 0 Å². The number of hydrogen-bond acceptors (Lipinski definition) is 4. The average Bonchev–Trinajstić information content (AvgIpc) is 3.11. The van der Waals surface area contributed by atoms with Crippen LogP contribution in [0.2, 0.25) is 0 Å². The second-order valence-electron chi connectivity index (χ2n) is 7.04. The Morgan fingerprint density at radius 3 is 2.59 bits per heavy atom. The molecule has 1 heterocycles. The van der Waals surface area contributed by atoms with Crippen LogP contribution in [0.15, 0.2) is 42.5 Å². The number of hydrogen-bond donors (Lipinski definition) is 1. The van der Waals surface area contributed by atoms with Crippen LogP contribution in [0, 0.1) is 0 Å². The van der Waals surface area contributed by atoms with Crippen LogP contribution in [-0.2, 0) is 12.8 Å². The van der Waals surface area contributed by atoms with E-state index in [9.17, 15) is 9.59 Å². The van der Waals surface area contributed by atoms with Crippen LogP contribution in [0.25, 0.3) is 11.1 Å². The molecule has 3 aromatic rings. The molecule has 0 saturated carbocycles. The van der Waals surface area contributed by atoms with E-state index >= 15 is 0 Å². The Morgan fingerprint density at radius 1 is 0.926 bits per heavy atom. The number of rotatable bonds is 2. The third-order valence-electron chi connectivity index (χ3n) is 5.30. The lowest BCUT2D eigenvalue weighted by Crippen LogP contribution is -2.12. The van der Waals surface area contributed by atoms with Crippen LogP contribution < -0.4 is 5.32 Å². The average molecular weight is 374 g/mol. The number of fused-ring (bicyclic) bond motifs is 4. The standard InChI is InChI=1S/C22H18N2O2S/c25-20-16-7-5-4-6-14(16)15-11-10-13(12-17(15)20)21(26)24-22-23-18-8-2-1-3-9-19(18)27-22/h4-7,10-12H,1-3,8-9H2,(H,23,24,26). The minimum Gasteiger partial charge on any atom is -0.298 e. The fraction of sp³-hybridized carbons (Fsp3) is 0.227. The second-order valence-corrected chi connectivity index (χ2v) is 8.12. The Labute approximate surface area is 161 Å². The first-order valence-electron chi connectivity index (χ1n) is 9.29. The zero-order chi connectivity index (χ0) is 18.4. The van der Waals surface area contributed by atoms with Gasteiger partial charge in [-0.2, -0.15) is 0 Å². The SMILES string of the molecule is O=C(Nc1nc2c(s1)CCCCC2)c1ccc2c(c1)C(=O)c1ccccc1-2. The monoisotopic (exact) mass is 374 g/mol. The number of carbonyl (C=O) groups excluding carboxylic acids is 2. The quantitative estimate of drug-likeness (QED) is 0.509. The van der Waals surface area contributed by atoms with E-state index in [0.29, 0.717) is 21.8 Å². The largest absolute Gasteiger partial charge is 0.298 e. The summed E-state index contributed by atoms with van der Waals surface area (Å²) in [6.07, 6.45) is 5.64. The van der Waals surface area contributed by atoms with Crippen LogP contribution in [0.3, 0.4) is 0 Å². The molecule has 134 valence electrons. The molecule has 0 atom stereocenters. The summed E-state index contributed by atoms with van der Waals surface area (Å²) in [5, 5.41) is 3.57. The Hall–Kier alpha value is -2.79. The molecule has 5 heteroatoms. The van der Waals surface area contributed by atoms with Gasteiger partial charge in [-0.1, -0.05) is 36.8 Å². The zero-order valence-electron chi connectivity index (χ0n) is 14.7. The van der Waals surface area contributed by atoms with Crippen LogP contribution in [-0.4, -0.2) is 16.7 Å². The molecule has 0 aliphatic heterocycles. The predicted octanol–water partition coefficient (Wildman–Crippen LogP) is 4.88. The summed E-state index contributed by atoms with van der Waals surface area (Å²) in [7, 11) is 0. The summed E-state index contributed by atoms with van der Waals surface area (Å²) >= 11 is 1.58. The number of carbonyl (C=O) groups is 2. The van der Waals surface area contributed by atoms with E-state index in [-0.39, 0.29) is 11.7 Å². The predicted molar refractivity (Wildman–Crippen MR) is 107 cm³/mol. The van der Waals surface area contributed by atoms with Gasteiger partial charge in [0.25, 0.3) is 5.91 Å². The molecule has 1 N–H and O–H groups in total. The summed E-state index contributed by atoms with van der Waals surface area (Å²) in [6.45, 7) is 0. The van der Waals surface area contributed by atoms with E-state index in [1.54, 1.807) is 23.5 Å². The lowest BCUT2D eigenvalue weighted by Gasteiger charge is -2.05. The molecule has 0 saturated heterocycles. The van der Waals surface area contributed by atoms with Gasteiger partial charge in [-0.25, -0.2) is 4.98 Å². The van der Waals surface area contributed by atoms with Crippen LogP contribution in [0.5, 0.6) is 0 Å². The van der Waals surface area contributed by atoms with Gasteiger partial charge in [0.2, 0.25) is 0 Å². The molecule has 0 unspecified atom stereocenters. The molecule has 5 rings (SSSR count). The van der Waals surface area contributed by atoms with Crippen LogP contribution in [0.4, 0.5) is 5.13 Å². The number of ketones is 1. The normalized spacial score (nSPS) is 14.9. The van der Waals surface area contributed by atoms with E-state index in [1.165, 1.54) is 17.7 Å². The number of nitrogens with zero attached hydrogens (tertiary/aromatic N) is 1. The van der Waals surface area contributed by atoms with Crippen LogP contribution >= 0.6 is 11.3 Å². The maximum absolute atomic E-state index is 12.7. The molecule has 0 fully saturated rings. The van der Waals surface area contributed by atoms with Gasteiger partial charge in [0, 0.05) is 21.6 Å². The fourth-order valence-corrected chi connectivity index (χ4v) is 4.97. The summed E-state index contributed by atoms with van der Waals surface area (Å²) in [6, 6.07) is 12.9. The molecule has 2 aromatic carbocycles. The molecule has 2 aliphatic carbocycles. The third-order valence-corrected chi connectivity index (χ3v) is 6.38. The van der Waals surface area contributed by atoms with Gasteiger partial charge in [-0.05, 0) is 48.9 Å². The van der Waals surface area contributed by atoms with Crippen LogP contribution in [0.1, 0.15) is 56.1 Å². The molecular formula is C22H18N2O2S. The topological polar surface area (TPSA) is 59.1 Å². The number of nitrogens with one attached hydrogen (secondary N) is 1. The Bertz CT molecular complexity index is 1060. The van der Waals surface area contributed by atoms with Crippen molar-refractivity contribution in [2.75, 3.05) is 5.32 Å². The van der Waals surface area contributed by atoms with Gasteiger partial charge in [0.1, 0.15) is 0 Å². The lowest BCUT2D eigenvalue weighted by atomic mass is 10.0. The lowest BCUT2D eigenvalue weighted by molar-refractivity contribution is 0.102. The number of amides is 1. The van der Waals surface area contributed by atoms with E-state index in [0.717, 1.165) is 36.1 Å².